The highest BCUT2D eigenvalue weighted by molar-refractivity contribution is 9.09. The van der Waals surface area contributed by atoms with Gasteiger partial charge in [0.2, 0.25) is 0 Å². The third-order valence-electron chi connectivity index (χ3n) is 1.48. The molecule has 0 bridgehead atoms. The lowest BCUT2D eigenvalue weighted by Crippen LogP contribution is -2.13. The normalized spacial score (nSPS) is 12.4. The highest BCUT2D eigenvalue weighted by atomic mass is 79.9. The van der Waals surface area contributed by atoms with Crippen LogP contribution in [0.25, 0.3) is 0 Å². The first kappa shape index (κ1) is 9.19. The summed E-state index contributed by atoms with van der Waals surface area (Å²) >= 11 is 2.98. The Hall–Kier alpha value is -0.900. The largest absolute Gasteiger partial charge is 0.269 e. The number of hydrogen-bond donors (Lipinski definition) is 0. The lowest BCUT2D eigenvalue weighted by atomic mass is 10.2. The van der Waals surface area contributed by atoms with Gasteiger partial charge in [-0.25, -0.2) is 0 Å². The van der Waals surface area contributed by atoms with E-state index in [0.29, 0.717) is 6.42 Å². The van der Waals surface area contributed by atoms with Gasteiger partial charge in [0.15, 0.2) is 0 Å². The Bertz CT molecular complexity index is 263. The van der Waals surface area contributed by atoms with Crippen molar-refractivity contribution in [3.05, 3.63) is 46.0 Å². The first-order valence-electron chi connectivity index (χ1n) is 3.51. The maximum atomic E-state index is 10.3. The molecule has 0 saturated carbocycles. The summed E-state index contributed by atoms with van der Waals surface area (Å²) in [5.41, 5.74) is 0.969. The lowest BCUT2D eigenvalue weighted by molar-refractivity contribution is -0.492. The minimum absolute atomic E-state index is 0.340. The zero-order valence-corrected chi connectivity index (χ0v) is 7.90. The zero-order valence-electron chi connectivity index (χ0n) is 6.31. The third kappa shape index (κ3) is 2.62. The highest BCUT2D eigenvalue weighted by Crippen LogP contribution is 2.09. The van der Waals surface area contributed by atoms with Crippen molar-refractivity contribution in [3.8, 4) is 0 Å². The second-order valence-corrected chi connectivity index (χ2v) is 3.47. The van der Waals surface area contributed by atoms with Crippen LogP contribution in [0.4, 0.5) is 0 Å². The number of hydrogen-bond acceptors (Lipinski definition) is 2. The van der Waals surface area contributed by atoms with E-state index >= 15 is 0 Å². The van der Waals surface area contributed by atoms with Crippen LogP contribution in [0.3, 0.4) is 0 Å². The molecule has 0 fully saturated rings. The second kappa shape index (κ2) is 4.21. The molecular weight excluding hydrogens is 222 g/mol. The molecule has 12 heavy (non-hydrogen) atoms. The number of alkyl halides is 1. The molecule has 0 aromatic heterocycles. The predicted molar refractivity (Wildman–Crippen MR) is 49.9 cm³/mol. The van der Waals surface area contributed by atoms with Gasteiger partial charge in [-0.2, -0.15) is 0 Å². The van der Waals surface area contributed by atoms with Gasteiger partial charge in [0.05, 0.1) is 6.42 Å². The molecule has 1 aromatic rings. The molecule has 1 unspecified atom stereocenters. The molecule has 0 radical (unpaired) electrons. The number of nitrogens with zero attached hydrogens (tertiary/aromatic N) is 1. The van der Waals surface area contributed by atoms with Crippen LogP contribution in [0.5, 0.6) is 0 Å². The van der Waals surface area contributed by atoms with Crippen molar-refractivity contribution >= 4 is 15.9 Å². The van der Waals surface area contributed by atoms with E-state index in [9.17, 15) is 10.1 Å². The second-order valence-electron chi connectivity index (χ2n) is 2.41. The van der Waals surface area contributed by atoms with Crippen molar-refractivity contribution < 1.29 is 4.92 Å². The first-order valence-corrected chi connectivity index (χ1v) is 4.43. The average Bonchev–Trinajstić information content (AvgIpc) is 2.06. The van der Waals surface area contributed by atoms with Crippen molar-refractivity contribution in [2.75, 3.05) is 0 Å². The quantitative estimate of drug-likeness (QED) is 0.346. The number of benzene rings is 1. The van der Waals surface area contributed by atoms with E-state index in [1.165, 1.54) is 0 Å². The smallest absolute Gasteiger partial charge is 0.263 e. The Morgan fingerprint density at radius 2 is 2.00 bits per heavy atom. The topological polar surface area (TPSA) is 43.1 Å². The molecule has 0 aliphatic rings. The van der Waals surface area contributed by atoms with Gasteiger partial charge in [0, 0.05) is 4.92 Å². The fraction of sp³-hybridized carbons (Fsp3) is 0.250. The van der Waals surface area contributed by atoms with E-state index in [1.54, 1.807) is 0 Å². The molecule has 1 rings (SSSR count). The fourth-order valence-corrected chi connectivity index (χ4v) is 1.26. The number of nitro groups is 1. The SMILES string of the molecule is O=[N+]([O-])C(Br)Cc1ccccc1. The van der Waals surface area contributed by atoms with Gasteiger partial charge in [-0.1, -0.05) is 30.3 Å². The van der Waals surface area contributed by atoms with E-state index in [2.05, 4.69) is 15.9 Å². The van der Waals surface area contributed by atoms with Crippen LogP contribution in [-0.2, 0) is 6.42 Å². The van der Waals surface area contributed by atoms with E-state index in [1.807, 2.05) is 30.3 Å². The Morgan fingerprint density at radius 1 is 1.42 bits per heavy atom. The van der Waals surface area contributed by atoms with Gasteiger partial charge in [-0.05, 0) is 21.5 Å². The maximum Gasteiger partial charge on any atom is 0.269 e. The van der Waals surface area contributed by atoms with Crippen LogP contribution in [-0.4, -0.2) is 9.87 Å². The van der Waals surface area contributed by atoms with Crippen molar-refractivity contribution in [1.82, 2.24) is 0 Å². The summed E-state index contributed by atoms with van der Waals surface area (Å²) in [7, 11) is 0. The minimum Gasteiger partial charge on any atom is -0.263 e. The molecule has 3 nitrogen and oxygen atoms in total. The third-order valence-corrected chi connectivity index (χ3v) is 2.13. The van der Waals surface area contributed by atoms with Crippen molar-refractivity contribution in [2.24, 2.45) is 0 Å². The summed E-state index contributed by atoms with van der Waals surface area (Å²) in [6, 6.07) is 9.37. The van der Waals surface area contributed by atoms with Crippen LogP contribution in [0.2, 0.25) is 0 Å². The molecular formula is C8H8BrNO2. The fourth-order valence-electron chi connectivity index (χ4n) is 0.883. The van der Waals surface area contributed by atoms with E-state index in [0.717, 1.165) is 5.56 Å². The molecule has 0 aliphatic heterocycles. The van der Waals surface area contributed by atoms with E-state index in [-0.39, 0.29) is 4.92 Å². The monoisotopic (exact) mass is 229 g/mol. The lowest BCUT2D eigenvalue weighted by Gasteiger charge is -2.00. The van der Waals surface area contributed by atoms with Gasteiger partial charge in [0.25, 0.3) is 4.95 Å². The molecule has 0 aliphatic carbocycles. The highest BCUT2D eigenvalue weighted by Gasteiger charge is 2.14. The van der Waals surface area contributed by atoms with Gasteiger partial charge < -0.3 is 0 Å². The standard InChI is InChI=1S/C8H8BrNO2/c9-8(10(11)12)6-7-4-2-1-3-5-7/h1-5,8H,6H2. The van der Waals surface area contributed by atoms with Crippen LogP contribution in [0, 0.1) is 10.1 Å². The molecule has 1 aromatic carbocycles. The summed E-state index contributed by atoms with van der Waals surface area (Å²) in [5, 5.41) is 10.3. The summed E-state index contributed by atoms with van der Waals surface area (Å²) in [4.78, 5) is 9.24. The molecule has 0 heterocycles. The Kier molecular flexibility index (Phi) is 3.22. The van der Waals surface area contributed by atoms with Crippen LogP contribution >= 0.6 is 15.9 Å². The summed E-state index contributed by atoms with van der Waals surface area (Å²) < 4.78 is 0. The summed E-state index contributed by atoms with van der Waals surface area (Å²) in [6.45, 7) is 0. The van der Waals surface area contributed by atoms with Crippen LogP contribution < -0.4 is 0 Å². The van der Waals surface area contributed by atoms with Gasteiger partial charge in [-0.3, -0.25) is 10.1 Å². The number of rotatable bonds is 3. The molecule has 0 saturated heterocycles. The molecule has 0 N–H and O–H groups in total. The summed E-state index contributed by atoms with van der Waals surface area (Å²) in [6.07, 6.45) is 0.424. The van der Waals surface area contributed by atoms with Crippen molar-refractivity contribution in [3.63, 3.8) is 0 Å². The maximum absolute atomic E-state index is 10.3. The Morgan fingerprint density at radius 3 is 2.50 bits per heavy atom. The molecule has 1 atom stereocenters. The van der Waals surface area contributed by atoms with Gasteiger partial charge in [0.1, 0.15) is 0 Å². The van der Waals surface area contributed by atoms with Crippen molar-refractivity contribution in [2.45, 2.75) is 11.4 Å². The Labute approximate surface area is 78.7 Å². The van der Waals surface area contributed by atoms with Gasteiger partial charge >= 0.3 is 0 Å². The molecule has 4 heteroatoms. The predicted octanol–water partition coefficient (Wildman–Crippen LogP) is 2.23. The zero-order chi connectivity index (χ0) is 8.97. The minimum atomic E-state index is -0.681. The molecule has 64 valence electrons. The van der Waals surface area contributed by atoms with Crippen molar-refractivity contribution in [1.29, 1.82) is 0 Å². The number of halogens is 1. The average molecular weight is 230 g/mol. The summed E-state index contributed by atoms with van der Waals surface area (Å²) in [5.74, 6) is 0. The van der Waals surface area contributed by atoms with E-state index in [4.69, 9.17) is 0 Å². The molecule has 0 spiro atoms. The molecule has 0 amide bonds. The van der Waals surface area contributed by atoms with E-state index < -0.39 is 4.95 Å². The van der Waals surface area contributed by atoms with Gasteiger partial charge in [-0.15, -0.1) is 0 Å². The first-order chi connectivity index (χ1) is 5.70. The Balaban J connectivity index is 2.58. The van der Waals surface area contributed by atoms with Crippen LogP contribution in [0.1, 0.15) is 5.56 Å². The van der Waals surface area contributed by atoms with Crippen LogP contribution in [0.15, 0.2) is 30.3 Å².